The van der Waals surface area contributed by atoms with Crippen molar-refractivity contribution >= 4 is 0 Å². The Bertz CT molecular complexity index is 323. The summed E-state index contributed by atoms with van der Waals surface area (Å²) in [5.41, 5.74) is 0.0900. The fourth-order valence-electron chi connectivity index (χ4n) is 1.38. The number of hydrogen-bond acceptors (Lipinski definition) is 1. The van der Waals surface area contributed by atoms with E-state index in [1.165, 1.54) is 13.0 Å². The second kappa shape index (κ2) is 4.13. The molecular weight excluding hydrogens is 203 g/mol. The quantitative estimate of drug-likeness (QED) is 0.651. The second-order valence-electron chi connectivity index (χ2n) is 3.54. The summed E-state index contributed by atoms with van der Waals surface area (Å²) < 4.78 is 37.3. The third kappa shape index (κ3) is 2.64. The average Bonchev–Trinajstić information content (AvgIpc) is 2.43. The number of hydrogen-bond donors (Lipinski definition) is 0. The molecule has 0 fully saturated rings. The first kappa shape index (κ1) is 11.9. The van der Waals surface area contributed by atoms with E-state index in [0.29, 0.717) is 5.57 Å². The van der Waals surface area contributed by atoms with Gasteiger partial charge >= 0.3 is 6.18 Å². The van der Waals surface area contributed by atoms with Crippen LogP contribution in [0.3, 0.4) is 0 Å². The highest BCUT2D eigenvalue weighted by Crippen LogP contribution is 2.29. The number of rotatable bonds is 1. The molecule has 1 aliphatic heterocycles. The Morgan fingerprint density at radius 2 is 2.07 bits per heavy atom. The average molecular weight is 217 g/mol. The van der Waals surface area contributed by atoms with Crippen LogP contribution in [0.2, 0.25) is 0 Å². The van der Waals surface area contributed by atoms with Gasteiger partial charge in [-0.15, -0.1) is 0 Å². The van der Waals surface area contributed by atoms with Crippen LogP contribution in [0, 0.1) is 0 Å². The molecule has 0 bridgehead atoms. The van der Waals surface area contributed by atoms with Gasteiger partial charge in [0.1, 0.15) is 0 Å². The van der Waals surface area contributed by atoms with Crippen molar-refractivity contribution in [2.24, 2.45) is 0 Å². The SMILES string of the molecule is C/C=C(\C=C1\C=CN(C)C1C)C(F)(F)F. The number of nitrogens with zero attached hydrogens (tertiary/aromatic N) is 1. The third-order valence-corrected chi connectivity index (χ3v) is 2.56. The molecule has 0 radical (unpaired) electrons. The molecule has 0 saturated carbocycles. The lowest BCUT2D eigenvalue weighted by molar-refractivity contribution is -0.0883. The van der Waals surface area contributed by atoms with Crippen LogP contribution in [0.1, 0.15) is 13.8 Å². The van der Waals surface area contributed by atoms with Crippen molar-refractivity contribution < 1.29 is 13.2 Å². The highest BCUT2D eigenvalue weighted by atomic mass is 19.4. The van der Waals surface area contributed by atoms with Crippen molar-refractivity contribution in [2.75, 3.05) is 7.05 Å². The Morgan fingerprint density at radius 3 is 2.40 bits per heavy atom. The molecule has 0 aromatic heterocycles. The van der Waals surface area contributed by atoms with Gasteiger partial charge in [-0.25, -0.2) is 0 Å². The zero-order chi connectivity index (χ0) is 11.6. The maximum atomic E-state index is 12.4. The molecule has 0 saturated heterocycles. The Hall–Kier alpha value is -1.19. The largest absolute Gasteiger partial charge is 0.416 e. The first-order valence-corrected chi connectivity index (χ1v) is 4.71. The molecule has 0 aliphatic carbocycles. The van der Waals surface area contributed by atoms with Gasteiger partial charge in [-0.05, 0) is 37.8 Å². The van der Waals surface area contributed by atoms with Crippen molar-refractivity contribution in [2.45, 2.75) is 26.1 Å². The van der Waals surface area contributed by atoms with Gasteiger partial charge in [0.05, 0.1) is 11.6 Å². The van der Waals surface area contributed by atoms with Gasteiger partial charge in [-0.2, -0.15) is 13.2 Å². The van der Waals surface area contributed by atoms with Crippen LogP contribution in [0.4, 0.5) is 13.2 Å². The maximum Gasteiger partial charge on any atom is 0.416 e. The minimum Gasteiger partial charge on any atom is -0.374 e. The van der Waals surface area contributed by atoms with E-state index < -0.39 is 11.7 Å². The van der Waals surface area contributed by atoms with Crippen LogP contribution in [0.25, 0.3) is 0 Å². The zero-order valence-electron chi connectivity index (χ0n) is 8.97. The van der Waals surface area contributed by atoms with Gasteiger partial charge in [0.15, 0.2) is 0 Å². The fourth-order valence-corrected chi connectivity index (χ4v) is 1.38. The first-order chi connectivity index (χ1) is 6.86. The van der Waals surface area contributed by atoms with Gasteiger partial charge in [-0.3, -0.25) is 0 Å². The first-order valence-electron chi connectivity index (χ1n) is 4.71. The second-order valence-corrected chi connectivity index (χ2v) is 3.54. The van der Waals surface area contributed by atoms with Crippen LogP contribution in [-0.4, -0.2) is 24.2 Å². The molecule has 15 heavy (non-hydrogen) atoms. The Kier molecular flexibility index (Phi) is 3.27. The Morgan fingerprint density at radius 1 is 1.47 bits per heavy atom. The highest BCUT2D eigenvalue weighted by molar-refractivity contribution is 5.38. The molecule has 1 unspecified atom stereocenters. The van der Waals surface area contributed by atoms with E-state index in [1.807, 2.05) is 18.9 Å². The summed E-state index contributed by atoms with van der Waals surface area (Å²) in [6.07, 6.45) is 1.51. The topological polar surface area (TPSA) is 3.24 Å². The van der Waals surface area contributed by atoms with Crippen molar-refractivity contribution in [3.8, 4) is 0 Å². The van der Waals surface area contributed by atoms with Gasteiger partial charge < -0.3 is 4.90 Å². The van der Waals surface area contributed by atoms with Gasteiger partial charge in [-0.1, -0.05) is 6.08 Å². The molecule has 0 aromatic rings. The zero-order valence-corrected chi connectivity index (χ0v) is 8.97. The lowest BCUT2D eigenvalue weighted by atomic mass is 10.1. The van der Waals surface area contributed by atoms with Crippen molar-refractivity contribution in [3.63, 3.8) is 0 Å². The molecule has 0 spiro atoms. The Balaban J connectivity index is 2.93. The molecule has 0 amide bonds. The van der Waals surface area contributed by atoms with E-state index in [9.17, 15) is 13.2 Å². The van der Waals surface area contributed by atoms with Crippen molar-refractivity contribution in [1.29, 1.82) is 0 Å². The van der Waals surface area contributed by atoms with Gasteiger partial charge in [0, 0.05) is 7.05 Å². The monoisotopic (exact) mass is 217 g/mol. The van der Waals surface area contributed by atoms with Crippen LogP contribution in [0.15, 0.2) is 35.6 Å². The molecule has 84 valence electrons. The molecule has 1 rings (SSSR count). The molecule has 0 aromatic carbocycles. The molecule has 1 heterocycles. The van der Waals surface area contributed by atoms with E-state index in [1.54, 1.807) is 12.3 Å². The van der Waals surface area contributed by atoms with E-state index in [2.05, 4.69) is 0 Å². The van der Waals surface area contributed by atoms with Crippen LogP contribution in [0.5, 0.6) is 0 Å². The van der Waals surface area contributed by atoms with E-state index >= 15 is 0 Å². The predicted octanol–water partition coefficient (Wildman–Crippen LogP) is 3.27. The van der Waals surface area contributed by atoms with Crippen LogP contribution >= 0.6 is 0 Å². The minimum atomic E-state index is -4.27. The van der Waals surface area contributed by atoms with E-state index in [-0.39, 0.29) is 6.04 Å². The third-order valence-electron chi connectivity index (χ3n) is 2.56. The fraction of sp³-hybridized carbons (Fsp3) is 0.455. The summed E-state index contributed by atoms with van der Waals surface area (Å²) in [6, 6.07) is 0.00213. The van der Waals surface area contributed by atoms with E-state index in [0.717, 1.165) is 6.08 Å². The number of likely N-dealkylation sites (N-methyl/N-ethyl adjacent to an activating group) is 1. The van der Waals surface area contributed by atoms with E-state index in [4.69, 9.17) is 0 Å². The maximum absolute atomic E-state index is 12.4. The van der Waals surface area contributed by atoms with Crippen LogP contribution in [-0.2, 0) is 0 Å². The summed E-state index contributed by atoms with van der Waals surface area (Å²) in [5, 5.41) is 0. The number of halogens is 3. The molecule has 0 N–H and O–H groups in total. The lowest BCUT2D eigenvalue weighted by Gasteiger charge is -2.17. The van der Waals surface area contributed by atoms with Gasteiger partial charge in [0.2, 0.25) is 0 Å². The summed E-state index contributed by atoms with van der Waals surface area (Å²) in [4.78, 5) is 1.87. The minimum absolute atomic E-state index is 0.00213. The summed E-state index contributed by atoms with van der Waals surface area (Å²) in [5.74, 6) is 0. The standard InChI is InChI=1S/C11H14F3N/c1-4-10(11(12,13)14)7-9-5-6-15(3)8(9)2/h4-8H,1-3H3/b9-7-,10-4+. The predicted molar refractivity (Wildman–Crippen MR) is 54.3 cm³/mol. The van der Waals surface area contributed by atoms with Gasteiger partial charge in [0.25, 0.3) is 0 Å². The highest BCUT2D eigenvalue weighted by Gasteiger charge is 2.32. The van der Waals surface area contributed by atoms with Crippen LogP contribution < -0.4 is 0 Å². The number of alkyl halides is 3. The van der Waals surface area contributed by atoms with Crippen molar-refractivity contribution in [3.05, 3.63) is 35.6 Å². The molecule has 1 aliphatic rings. The summed E-state index contributed by atoms with van der Waals surface area (Å²) in [7, 11) is 1.84. The normalized spacial score (nSPS) is 25.5. The lowest BCUT2D eigenvalue weighted by Crippen LogP contribution is -2.20. The smallest absolute Gasteiger partial charge is 0.374 e. The van der Waals surface area contributed by atoms with Crippen molar-refractivity contribution in [1.82, 2.24) is 4.90 Å². The molecule has 1 nitrogen and oxygen atoms in total. The summed E-state index contributed by atoms with van der Waals surface area (Å²) in [6.45, 7) is 3.27. The Labute approximate surface area is 87.6 Å². The molecular formula is C11H14F3N. The molecule has 4 heteroatoms. The summed E-state index contributed by atoms with van der Waals surface area (Å²) >= 11 is 0. The number of allylic oxidation sites excluding steroid dienone is 3. The molecule has 1 atom stereocenters.